The third-order valence-corrected chi connectivity index (χ3v) is 7.69. The average Bonchev–Trinajstić information content (AvgIpc) is 3.20. The van der Waals surface area contributed by atoms with Crippen molar-refractivity contribution in [2.45, 2.75) is 9.79 Å². The molecule has 0 spiro atoms. The molecule has 0 bridgehead atoms. The van der Waals surface area contributed by atoms with Crippen LogP contribution in [0, 0.1) is 0 Å². The summed E-state index contributed by atoms with van der Waals surface area (Å²) < 4.78 is 32.1. The number of carbonyl (C=O) groups is 2. The second kappa shape index (κ2) is 6.88. The van der Waals surface area contributed by atoms with Crippen molar-refractivity contribution < 1.29 is 22.4 Å². The molecule has 1 aromatic heterocycles. The number of ketones is 1. The lowest BCUT2D eigenvalue weighted by molar-refractivity contribution is 0.101. The molecule has 1 N–H and O–H groups in total. The van der Waals surface area contributed by atoms with Gasteiger partial charge in [-0.1, -0.05) is 30.3 Å². The van der Waals surface area contributed by atoms with Crippen molar-refractivity contribution in [3.05, 3.63) is 102 Å². The minimum absolute atomic E-state index is 0.0441. The third-order valence-electron chi connectivity index (χ3n) is 5.83. The van der Waals surface area contributed by atoms with Crippen molar-refractivity contribution in [2.24, 2.45) is 0 Å². The van der Waals surface area contributed by atoms with E-state index in [2.05, 4.69) is 5.32 Å². The zero-order valence-electron chi connectivity index (χ0n) is 17.0. The molecule has 6 rings (SSSR count). The minimum Gasteiger partial charge on any atom is -0.456 e. The highest BCUT2D eigenvalue weighted by atomic mass is 32.2. The van der Waals surface area contributed by atoms with Gasteiger partial charge in [0.05, 0.1) is 9.79 Å². The maximum absolute atomic E-state index is 13.1. The van der Waals surface area contributed by atoms with Crippen LogP contribution in [0.25, 0.3) is 21.9 Å². The molecule has 0 saturated carbocycles. The van der Waals surface area contributed by atoms with Crippen LogP contribution < -0.4 is 5.32 Å². The second-order valence-electron chi connectivity index (χ2n) is 7.80. The Morgan fingerprint density at radius 2 is 1.45 bits per heavy atom. The van der Waals surface area contributed by atoms with Gasteiger partial charge >= 0.3 is 0 Å². The Labute approximate surface area is 188 Å². The van der Waals surface area contributed by atoms with Gasteiger partial charge in [-0.05, 0) is 54.6 Å². The minimum atomic E-state index is -3.92. The van der Waals surface area contributed by atoms with Gasteiger partial charge in [0.2, 0.25) is 9.84 Å². The molecule has 1 amide bonds. The van der Waals surface area contributed by atoms with Gasteiger partial charge in [0, 0.05) is 33.2 Å². The number of rotatable bonds is 2. The standard InChI is InChI=1S/C26H15NO5S/c28-25-18-6-2-4-8-23(18)33(30,31)24-13-15(9-11-19(24)25)26(29)27-16-10-12-22-20(14-16)17-5-1-3-7-21(17)32-22/h1-14H,(H,27,29). The summed E-state index contributed by atoms with van der Waals surface area (Å²) >= 11 is 0. The molecule has 0 atom stereocenters. The number of benzene rings is 4. The molecule has 0 unspecified atom stereocenters. The second-order valence-corrected chi connectivity index (χ2v) is 9.69. The van der Waals surface area contributed by atoms with Crippen LogP contribution in [-0.4, -0.2) is 20.1 Å². The molecule has 2 heterocycles. The molecule has 5 aromatic rings. The van der Waals surface area contributed by atoms with Crippen molar-refractivity contribution in [1.29, 1.82) is 0 Å². The van der Waals surface area contributed by atoms with Crippen LogP contribution in [0.3, 0.4) is 0 Å². The van der Waals surface area contributed by atoms with E-state index in [9.17, 15) is 18.0 Å². The predicted octanol–water partition coefficient (Wildman–Crippen LogP) is 5.22. The SMILES string of the molecule is O=C(Nc1ccc2oc3ccccc3c2c1)c1ccc2c(c1)S(=O)(=O)c1ccccc1C2=O. The number of furan rings is 1. The largest absolute Gasteiger partial charge is 0.456 e. The Hall–Kier alpha value is -4.23. The van der Waals surface area contributed by atoms with Crippen LogP contribution >= 0.6 is 0 Å². The van der Waals surface area contributed by atoms with E-state index in [-0.39, 0.29) is 32.3 Å². The fraction of sp³-hybridized carbons (Fsp3) is 0. The fourth-order valence-corrected chi connectivity index (χ4v) is 5.91. The van der Waals surface area contributed by atoms with Crippen LogP contribution in [0.1, 0.15) is 26.3 Å². The number of hydrogen-bond acceptors (Lipinski definition) is 5. The summed E-state index contributed by atoms with van der Waals surface area (Å²) in [4.78, 5) is 25.6. The number of hydrogen-bond donors (Lipinski definition) is 1. The quantitative estimate of drug-likeness (QED) is 0.388. The highest BCUT2D eigenvalue weighted by Gasteiger charge is 2.35. The molecule has 0 radical (unpaired) electrons. The molecule has 1 aliphatic heterocycles. The van der Waals surface area contributed by atoms with Gasteiger partial charge in [0.1, 0.15) is 11.2 Å². The van der Waals surface area contributed by atoms with Crippen LogP contribution in [0.4, 0.5) is 5.69 Å². The molecular formula is C26H15NO5S. The van der Waals surface area contributed by atoms with Gasteiger partial charge in [0.25, 0.3) is 5.91 Å². The van der Waals surface area contributed by atoms with Gasteiger partial charge in [-0.2, -0.15) is 0 Å². The maximum atomic E-state index is 13.1. The first-order chi connectivity index (χ1) is 15.9. The van der Waals surface area contributed by atoms with Crippen molar-refractivity contribution in [2.75, 3.05) is 5.32 Å². The van der Waals surface area contributed by atoms with Crippen LogP contribution in [-0.2, 0) is 9.84 Å². The maximum Gasteiger partial charge on any atom is 0.255 e. The van der Waals surface area contributed by atoms with Gasteiger partial charge in [-0.25, -0.2) is 8.42 Å². The van der Waals surface area contributed by atoms with Gasteiger partial charge in [-0.3, -0.25) is 9.59 Å². The van der Waals surface area contributed by atoms with E-state index in [1.165, 1.54) is 30.3 Å². The van der Waals surface area contributed by atoms with Gasteiger partial charge in [-0.15, -0.1) is 0 Å². The van der Waals surface area contributed by atoms with E-state index in [1.807, 2.05) is 30.3 Å². The van der Waals surface area contributed by atoms with E-state index in [0.29, 0.717) is 11.3 Å². The Kier molecular flexibility index (Phi) is 4.06. The summed E-state index contributed by atoms with van der Waals surface area (Å²) in [7, 11) is -3.92. The third kappa shape index (κ3) is 2.90. The van der Waals surface area contributed by atoms with E-state index in [1.54, 1.807) is 24.3 Å². The smallest absolute Gasteiger partial charge is 0.255 e. The summed E-state index contributed by atoms with van der Waals surface area (Å²) in [6.07, 6.45) is 0. The lowest BCUT2D eigenvalue weighted by atomic mass is 10.0. The molecule has 0 fully saturated rings. The zero-order valence-corrected chi connectivity index (χ0v) is 17.8. The lowest BCUT2D eigenvalue weighted by Gasteiger charge is -2.19. The van der Waals surface area contributed by atoms with Crippen molar-refractivity contribution in [1.82, 2.24) is 0 Å². The molecule has 0 saturated heterocycles. The van der Waals surface area contributed by atoms with Crippen LogP contribution in [0.2, 0.25) is 0 Å². The molecule has 1 aliphatic rings. The summed E-state index contributed by atoms with van der Waals surface area (Å²) in [6, 6.07) is 23.1. The molecule has 6 nitrogen and oxygen atoms in total. The monoisotopic (exact) mass is 453 g/mol. The molecule has 160 valence electrons. The highest BCUT2D eigenvalue weighted by molar-refractivity contribution is 7.91. The highest BCUT2D eigenvalue weighted by Crippen LogP contribution is 2.35. The number of fused-ring (bicyclic) bond motifs is 5. The summed E-state index contributed by atoms with van der Waals surface area (Å²) in [6.45, 7) is 0. The van der Waals surface area contributed by atoms with Crippen molar-refractivity contribution in [3.8, 4) is 0 Å². The number of carbonyl (C=O) groups excluding carboxylic acids is 2. The van der Waals surface area contributed by atoms with Gasteiger partial charge in [0.15, 0.2) is 5.78 Å². The first-order valence-corrected chi connectivity index (χ1v) is 11.7. The fourth-order valence-electron chi connectivity index (χ4n) is 4.23. The number of amides is 1. The molecular weight excluding hydrogens is 438 g/mol. The molecule has 0 aliphatic carbocycles. The van der Waals surface area contributed by atoms with Crippen molar-refractivity contribution >= 4 is 49.2 Å². The molecule has 4 aromatic carbocycles. The first-order valence-electron chi connectivity index (χ1n) is 10.2. The number of nitrogens with one attached hydrogen (secondary N) is 1. The first kappa shape index (κ1) is 19.5. The number of sulfone groups is 1. The molecule has 7 heteroatoms. The predicted molar refractivity (Wildman–Crippen MR) is 123 cm³/mol. The van der Waals surface area contributed by atoms with E-state index >= 15 is 0 Å². The Balaban J connectivity index is 1.38. The average molecular weight is 453 g/mol. The van der Waals surface area contributed by atoms with E-state index in [0.717, 1.165) is 16.4 Å². The topological polar surface area (TPSA) is 93.4 Å². The van der Waals surface area contributed by atoms with E-state index < -0.39 is 15.7 Å². The Bertz CT molecular complexity index is 1750. The summed E-state index contributed by atoms with van der Waals surface area (Å²) in [5.41, 5.74) is 2.34. The van der Waals surface area contributed by atoms with Crippen LogP contribution in [0.15, 0.2) is 99.1 Å². The summed E-state index contributed by atoms with van der Waals surface area (Å²) in [5.74, 6) is -0.855. The van der Waals surface area contributed by atoms with Crippen LogP contribution in [0.5, 0.6) is 0 Å². The van der Waals surface area contributed by atoms with Crippen molar-refractivity contribution in [3.63, 3.8) is 0 Å². The number of para-hydroxylation sites is 1. The normalized spacial score (nSPS) is 14.1. The zero-order chi connectivity index (χ0) is 22.7. The Morgan fingerprint density at radius 3 is 2.33 bits per heavy atom. The number of anilines is 1. The molecule has 33 heavy (non-hydrogen) atoms. The van der Waals surface area contributed by atoms with E-state index in [4.69, 9.17) is 4.42 Å². The lowest BCUT2D eigenvalue weighted by Crippen LogP contribution is -2.21. The Morgan fingerprint density at radius 1 is 0.727 bits per heavy atom. The van der Waals surface area contributed by atoms with Gasteiger partial charge < -0.3 is 9.73 Å². The summed E-state index contributed by atoms with van der Waals surface area (Å²) in [5, 5.41) is 4.60.